The highest BCUT2D eigenvalue weighted by molar-refractivity contribution is 5.94. The van der Waals surface area contributed by atoms with Gasteiger partial charge in [0.15, 0.2) is 0 Å². The van der Waals surface area contributed by atoms with Crippen LogP contribution in [0.2, 0.25) is 0 Å². The summed E-state index contributed by atoms with van der Waals surface area (Å²) in [6, 6.07) is 9.29. The van der Waals surface area contributed by atoms with Crippen LogP contribution in [0.5, 0.6) is 0 Å². The van der Waals surface area contributed by atoms with E-state index in [2.05, 4.69) is 16.1 Å². The van der Waals surface area contributed by atoms with Crippen LogP contribution in [-0.2, 0) is 6.54 Å². The highest BCUT2D eigenvalue weighted by atomic mass is 16.5. The van der Waals surface area contributed by atoms with Gasteiger partial charge in [0, 0.05) is 43.3 Å². The number of piperidine rings is 1. The third kappa shape index (κ3) is 3.47. The lowest BCUT2D eigenvalue weighted by Crippen LogP contribution is -2.47. The van der Waals surface area contributed by atoms with Crippen LogP contribution in [0, 0.1) is 31.1 Å². The van der Waals surface area contributed by atoms with Crippen molar-refractivity contribution in [1.29, 1.82) is 5.26 Å². The maximum Gasteiger partial charge on any atom is 0.254 e. The molecule has 2 aromatic rings. The standard InChI is InChI=1S/C21H24N4O2/c1-14-20(15(2)27-23-14)13-24-10-17-5-8-19(12-24)25(11-17)21(26)18-6-3-16(9-22)4-7-18/h3-4,6-7,17,19H,5,8,10-13H2,1-2H3/t17-,19+/m1/s1. The van der Waals surface area contributed by atoms with E-state index in [-0.39, 0.29) is 11.9 Å². The molecular formula is C21H24N4O2. The number of benzene rings is 1. The third-order valence-corrected chi connectivity index (χ3v) is 5.87. The Labute approximate surface area is 159 Å². The number of aromatic nitrogens is 1. The second kappa shape index (κ2) is 7.16. The van der Waals surface area contributed by atoms with Crippen LogP contribution in [0.25, 0.3) is 0 Å². The van der Waals surface area contributed by atoms with Crippen molar-refractivity contribution in [2.45, 2.75) is 39.3 Å². The van der Waals surface area contributed by atoms with Gasteiger partial charge in [0.1, 0.15) is 5.76 Å². The van der Waals surface area contributed by atoms with Gasteiger partial charge in [-0.3, -0.25) is 9.69 Å². The van der Waals surface area contributed by atoms with Gasteiger partial charge in [0.2, 0.25) is 0 Å². The van der Waals surface area contributed by atoms with E-state index in [1.807, 2.05) is 18.7 Å². The molecule has 0 unspecified atom stereocenters. The highest BCUT2D eigenvalue weighted by Crippen LogP contribution is 2.30. The molecule has 2 atom stereocenters. The van der Waals surface area contributed by atoms with Crippen LogP contribution in [0.3, 0.4) is 0 Å². The van der Waals surface area contributed by atoms with Gasteiger partial charge in [0.05, 0.1) is 17.3 Å². The van der Waals surface area contributed by atoms with Crippen LogP contribution in [0.4, 0.5) is 0 Å². The van der Waals surface area contributed by atoms with Gasteiger partial charge in [-0.25, -0.2) is 0 Å². The first-order chi connectivity index (χ1) is 13.0. The van der Waals surface area contributed by atoms with E-state index in [4.69, 9.17) is 9.78 Å². The van der Waals surface area contributed by atoms with Crippen molar-refractivity contribution in [2.75, 3.05) is 19.6 Å². The Hall–Kier alpha value is -2.65. The average molecular weight is 364 g/mol. The summed E-state index contributed by atoms with van der Waals surface area (Å²) in [6.07, 6.45) is 2.21. The van der Waals surface area contributed by atoms with E-state index in [9.17, 15) is 4.79 Å². The predicted molar refractivity (Wildman–Crippen MR) is 100.0 cm³/mol. The van der Waals surface area contributed by atoms with E-state index < -0.39 is 0 Å². The number of carbonyl (C=O) groups is 1. The van der Waals surface area contributed by atoms with Gasteiger partial charge in [-0.1, -0.05) is 5.16 Å². The first-order valence-electron chi connectivity index (χ1n) is 9.50. The average Bonchev–Trinajstić information content (AvgIpc) is 2.86. The lowest BCUT2D eigenvalue weighted by molar-refractivity contribution is 0.0585. The molecule has 0 saturated carbocycles. The van der Waals surface area contributed by atoms with Crippen molar-refractivity contribution in [3.63, 3.8) is 0 Å². The number of fused-ring (bicyclic) bond motifs is 4. The normalized spacial score (nSPS) is 22.5. The van der Waals surface area contributed by atoms with Crippen LogP contribution >= 0.6 is 0 Å². The fraction of sp³-hybridized carbons (Fsp3) is 0.476. The monoisotopic (exact) mass is 364 g/mol. The molecule has 3 saturated heterocycles. The molecule has 3 aliphatic rings. The zero-order valence-electron chi connectivity index (χ0n) is 15.8. The van der Waals surface area contributed by atoms with E-state index in [0.29, 0.717) is 17.0 Å². The lowest BCUT2D eigenvalue weighted by Gasteiger charge is -2.36. The fourth-order valence-electron chi connectivity index (χ4n) is 4.36. The molecule has 4 heterocycles. The molecule has 2 bridgehead atoms. The Kier molecular flexibility index (Phi) is 4.71. The van der Waals surface area contributed by atoms with Crippen molar-refractivity contribution in [3.8, 4) is 6.07 Å². The van der Waals surface area contributed by atoms with Crippen molar-refractivity contribution in [3.05, 3.63) is 52.4 Å². The Morgan fingerprint density at radius 3 is 2.67 bits per heavy atom. The minimum absolute atomic E-state index is 0.0772. The molecule has 1 aromatic heterocycles. The molecule has 0 aliphatic carbocycles. The van der Waals surface area contributed by atoms with Crippen LogP contribution in [0.15, 0.2) is 28.8 Å². The van der Waals surface area contributed by atoms with Gasteiger partial charge in [-0.05, 0) is 56.9 Å². The number of aryl methyl sites for hydroxylation is 2. The number of nitrogens with zero attached hydrogens (tertiary/aromatic N) is 4. The molecule has 1 amide bonds. The number of hydrogen-bond acceptors (Lipinski definition) is 5. The fourth-order valence-corrected chi connectivity index (χ4v) is 4.36. The van der Waals surface area contributed by atoms with Gasteiger partial charge in [0.25, 0.3) is 5.91 Å². The van der Waals surface area contributed by atoms with Crippen LogP contribution in [-0.4, -0.2) is 46.5 Å². The van der Waals surface area contributed by atoms with Crippen molar-refractivity contribution in [1.82, 2.24) is 15.0 Å². The minimum atomic E-state index is 0.0772. The Balaban J connectivity index is 1.51. The highest BCUT2D eigenvalue weighted by Gasteiger charge is 2.37. The number of rotatable bonds is 3. The predicted octanol–water partition coefficient (Wildman–Crippen LogP) is 2.90. The molecular weight excluding hydrogens is 340 g/mol. The van der Waals surface area contributed by atoms with Crippen molar-refractivity contribution >= 4 is 5.91 Å². The summed E-state index contributed by atoms with van der Waals surface area (Å²) in [6.45, 7) is 7.45. The maximum absolute atomic E-state index is 13.1. The smallest absolute Gasteiger partial charge is 0.254 e. The summed E-state index contributed by atoms with van der Waals surface area (Å²) < 4.78 is 5.31. The van der Waals surface area contributed by atoms with Gasteiger partial charge in [-0.15, -0.1) is 0 Å². The largest absolute Gasteiger partial charge is 0.361 e. The second-order valence-electron chi connectivity index (χ2n) is 7.74. The van der Waals surface area contributed by atoms with Crippen LogP contribution in [0.1, 0.15) is 45.8 Å². The number of carbonyl (C=O) groups excluding carboxylic acids is 1. The molecule has 5 rings (SSSR count). The first kappa shape index (κ1) is 17.7. The SMILES string of the molecule is Cc1noc(C)c1CN1C[C@H]2CC[C@@H](C1)N(C(=O)c1ccc(C#N)cc1)C2. The Morgan fingerprint density at radius 2 is 2.00 bits per heavy atom. The Morgan fingerprint density at radius 1 is 1.22 bits per heavy atom. The summed E-state index contributed by atoms with van der Waals surface area (Å²) in [5, 5.41) is 13.0. The minimum Gasteiger partial charge on any atom is -0.361 e. The molecule has 3 aliphatic heterocycles. The number of amides is 1. The van der Waals surface area contributed by atoms with Gasteiger partial charge in [-0.2, -0.15) is 5.26 Å². The van der Waals surface area contributed by atoms with E-state index in [0.717, 1.165) is 44.1 Å². The quantitative estimate of drug-likeness (QED) is 0.837. The third-order valence-electron chi connectivity index (χ3n) is 5.87. The number of nitriles is 1. The van der Waals surface area contributed by atoms with Crippen molar-refractivity contribution in [2.24, 2.45) is 5.92 Å². The van der Waals surface area contributed by atoms with E-state index >= 15 is 0 Å². The van der Waals surface area contributed by atoms with Crippen molar-refractivity contribution < 1.29 is 9.32 Å². The summed E-state index contributed by atoms with van der Waals surface area (Å²) in [4.78, 5) is 17.6. The number of hydrogen-bond donors (Lipinski definition) is 0. The molecule has 6 nitrogen and oxygen atoms in total. The summed E-state index contributed by atoms with van der Waals surface area (Å²) in [5.74, 6) is 1.45. The summed E-state index contributed by atoms with van der Waals surface area (Å²) in [5.41, 5.74) is 3.37. The van der Waals surface area contributed by atoms with Crippen LogP contribution < -0.4 is 0 Å². The molecule has 6 heteroatoms. The zero-order valence-corrected chi connectivity index (χ0v) is 15.8. The summed E-state index contributed by atoms with van der Waals surface area (Å²) >= 11 is 0. The lowest BCUT2D eigenvalue weighted by atomic mass is 9.94. The molecule has 0 spiro atoms. The van der Waals surface area contributed by atoms with E-state index in [1.165, 1.54) is 12.0 Å². The molecule has 140 valence electrons. The molecule has 1 aromatic carbocycles. The van der Waals surface area contributed by atoms with Gasteiger partial charge < -0.3 is 9.42 Å². The van der Waals surface area contributed by atoms with Gasteiger partial charge >= 0.3 is 0 Å². The molecule has 0 N–H and O–H groups in total. The summed E-state index contributed by atoms with van der Waals surface area (Å²) in [7, 11) is 0. The molecule has 27 heavy (non-hydrogen) atoms. The topological polar surface area (TPSA) is 73.4 Å². The zero-order chi connectivity index (χ0) is 19.0. The van der Waals surface area contributed by atoms with E-state index in [1.54, 1.807) is 24.3 Å². The maximum atomic E-state index is 13.1. The molecule has 0 radical (unpaired) electrons. The molecule has 3 fully saturated rings. The second-order valence-corrected chi connectivity index (χ2v) is 7.74. The Bertz CT molecular complexity index is 861. The first-order valence-corrected chi connectivity index (χ1v) is 9.50.